The number of nitrogens with one attached hydrogen (secondary N) is 2. The summed E-state index contributed by atoms with van der Waals surface area (Å²) in [7, 11) is 1.61. The number of thiophene rings is 1. The molecular weight excluding hydrogens is 304 g/mol. The number of nitrogens with zero attached hydrogens (tertiary/aromatic N) is 2. The van der Waals surface area contributed by atoms with Crippen LogP contribution in [0.5, 0.6) is 0 Å². The van der Waals surface area contributed by atoms with Crippen LogP contribution in [0.15, 0.2) is 11.1 Å². The van der Waals surface area contributed by atoms with E-state index in [2.05, 4.69) is 15.6 Å². The van der Waals surface area contributed by atoms with Gasteiger partial charge in [-0.1, -0.05) is 0 Å². The first-order chi connectivity index (χ1) is 10.3. The van der Waals surface area contributed by atoms with Crippen LogP contribution in [-0.4, -0.2) is 34.0 Å². The summed E-state index contributed by atoms with van der Waals surface area (Å²) in [5, 5.41) is 5.70. The lowest BCUT2D eigenvalue weighted by Gasteiger charge is -2.08. The molecule has 7 nitrogen and oxygen atoms in total. The molecule has 2 heterocycles. The third kappa shape index (κ3) is 3.16. The van der Waals surface area contributed by atoms with Gasteiger partial charge >= 0.3 is 0 Å². The summed E-state index contributed by atoms with van der Waals surface area (Å²) in [4.78, 5) is 41.0. The van der Waals surface area contributed by atoms with Gasteiger partial charge in [-0.25, -0.2) is 4.98 Å². The first-order valence-electron chi connectivity index (χ1n) is 6.83. The van der Waals surface area contributed by atoms with Crippen LogP contribution in [-0.2, 0) is 11.8 Å². The molecule has 0 aliphatic heterocycles. The second kappa shape index (κ2) is 6.27. The highest BCUT2D eigenvalue weighted by atomic mass is 32.1. The Labute approximate surface area is 131 Å². The smallest absolute Gasteiger partial charge is 0.262 e. The summed E-state index contributed by atoms with van der Waals surface area (Å²) < 4.78 is 1.37. The lowest BCUT2D eigenvalue weighted by molar-refractivity contribution is -0.120. The number of aryl methyl sites for hydroxylation is 2. The Morgan fingerprint density at radius 1 is 1.41 bits per heavy atom. The average Bonchev–Trinajstić information content (AvgIpc) is 2.77. The number of carbonyl (C=O) groups is 2. The summed E-state index contributed by atoms with van der Waals surface area (Å²) in [5.41, 5.74) is 0.408. The third-order valence-electron chi connectivity index (χ3n) is 3.08. The predicted molar refractivity (Wildman–Crippen MR) is 85.2 cm³/mol. The van der Waals surface area contributed by atoms with Crippen molar-refractivity contribution in [3.05, 3.63) is 27.1 Å². The van der Waals surface area contributed by atoms with Gasteiger partial charge in [0.1, 0.15) is 4.83 Å². The van der Waals surface area contributed by atoms with Gasteiger partial charge in [0.15, 0.2) is 0 Å². The van der Waals surface area contributed by atoms with Crippen LogP contribution in [0.2, 0.25) is 0 Å². The number of aromatic nitrogens is 2. The van der Waals surface area contributed by atoms with E-state index in [4.69, 9.17) is 0 Å². The second-order valence-corrected chi connectivity index (χ2v) is 6.30. The molecule has 0 radical (unpaired) electrons. The fraction of sp³-hybridized carbons (Fsp3) is 0.429. The molecule has 2 amide bonds. The number of rotatable bonds is 4. The minimum Gasteiger partial charge on any atom is -0.352 e. The molecular formula is C14H18N4O3S. The number of fused-ring (bicyclic) bond motifs is 1. The number of amides is 2. The Hall–Kier alpha value is -2.22. The van der Waals surface area contributed by atoms with Crippen molar-refractivity contribution in [1.29, 1.82) is 0 Å². The fourth-order valence-electron chi connectivity index (χ4n) is 2.04. The molecule has 0 fully saturated rings. The Morgan fingerprint density at radius 2 is 2.09 bits per heavy atom. The molecule has 0 aliphatic rings. The monoisotopic (exact) mass is 322 g/mol. The highest BCUT2D eigenvalue weighted by molar-refractivity contribution is 7.20. The van der Waals surface area contributed by atoms with Gasteiger partial charge in [0.05, 0.1) is 23.1 Å². The van der Waals surface area contributed by atoms with Crippen molar-refractivity contribution in [2.45, 2.75) is 26.8 Å². The molecule has 2 N–H and O–H groups in total. The van der Waals surface area contributed by atoms with Crippen LogP contribution in [0.3, 0.4) is 0 Å². The number of hydrogen-bond donors (Lipinski definition) is 2. The summed E-state index contributed by atoms with van der Waals surface area (Å²) >= 11 is 1.15. The van der Waals surface area contributed by atoms with E-state index < -0.39 is 0 Å². The zero-order valence-electron chi connectivity index (χ0n) is 12.9. The Bertz CT molecular complexity index is 791. The van der Waals surface area contributed by atoms with E-state index in [0.29, 0.717) is 20.7 Å². The van der Waals surface area contributed by atoms with Gasteiger partial charge in [-0.3, -0.25) is 14.4 Å². The van der Waals surface area contributed by atoms with Crippen molar-refractivity contribution in [1.82, 2.24) is 20.2 Å². The fourth-order valence-corrected chi connectivity index (χ4v) is 3.09. The van der Waals surface area contributed by atoms with Crippen molar-refractivity contribution < 1.29 is 9.59 Å². The van der Waals surface area contributed by atoms with Crippen molar-refractivity contribution >= 4 is 33.4 Å². The topological polar surface area (TPSA) is 93.1 Å². The van der Waals surface area contributed by atoms with Gasteiger partial charge in [-0.15, -0.1) is 11.3 Å². The standard InChI is InChI=1S/C14H18N4O3S/c1-7(2)17-9(19)5-15-12(20)11-8(3)10-13(22-11)16-6-18(4)14(10)21/h6-7H,5H2,1-4H3,(H,15,20)(H,17,19). The maximum atomic E-state index is 12.2. The van der Waals surface area contributed by atoms with Crippen LogP contribution >= 0.6 is 11.3 Å². The largest absolute Gasteiger partial charge is 0.352 e. The molecule has 0 saturated heterocycles. The molecule has 2 rings (SSSR count). The van der Waals surface area contributed by atoms with Crippen molar-refractivity contribution in [2.75, 3.05) is 6.54 Å². The van der Waals surface area contributed by atoms with Crippen LogP contribution in [0.4, 0.5) is 0 Å². The van der Waals surface area contributed by atoms with Crippen LogP contribution in [0, 0.1) is 6.92 Å². The van der Waals surface area contributed by atoms with E-state index in [1.54, 1.807) is 14.0 Å². The molecule has 0 aromatic carbocycles. The predicted octanol–water partition coefficient (Wildman–Crippen LogP) is 0.558. The lowest BCUT2D eigenvalue weighted by atomic mass is 10.2. The molecule has 22 heavy (non-hydrogen) atoms. The number of carbonyl (C=O) groups excluding carboxylic acids is 2. The second-order valence-electron chi connectivity index (χ2n) is 5.30. The SMILES string of the molecule is Cc1c(C(=O)NCC(=O)NC(C)C)sc2ncn(C)c(=O)c12. The first-order valence-corrected chi connectivity index (χ1v) is 7.65. The summed E-state index contributed by atoms with van der Waals surface area (Å²) in [6.45, 7) is 5.30. The average molecular weight is 322 g/mol. The van der Waals surface area contributed by atoms with Crippen molar-refractivity contribution in [3.63, 3.8) is 0 Å². The third-order valence-corrected chi connectivity index (χ3v) is 4.27. The van der Waals surface area contributed by atoms with E-state index in [9.17, 15) is 14.4 Å². The zero-order chi connectivity index (χ0) is 16.4. The zero-order valence-corrected chi connectivity index (χ0v) is 13.7. The van der Waals surface area contributed by atoms with Gasteiger partial charge in [0.25, 0.3) is 11.5 Å². The Morgan fingerprint density at radius 3 is 2.73 bits per heavy atom. The number of hydrogen-bond acceptors (Lipinski definition) is 5. The molecule has 118 valence electrons. The minimum atomic E-state index is -0.374. The first kappa shape index (κ1) is 16.2. The molecule has 0 bridgehead atoms. The molecule has 0 aliphatic carbocycles. The Balaban J connectivity index is 2.22. The van der Waals surface area contributed by atoms with Gasteiger partial charge in [0.2, 0.25) is 5.91 Å². The highest BCUT2D eigenvalue weighted by Crippen LogP contribution is 2.26. The molecule has 2 aromatic rings. The Kier molecular flexibility index (Phi) is 4.60. The maximum Gasteiger partial charge on any atom is 0.262 e. The van der Waals surface area contributed by atoms with Crippen molar-refractivity contribution in [2.24, 2.45) is 7.05 Å². The van der Waals surface area contributed by atoms with Crippen LogP contribution in [0.1, 0.15) is 29.1 Å². The van der Waals surface area contributed by atoms with Gasteiger partial charge in [-0.2, -0.15) is 0 Å². The van der Waals surface area contributed by atoms with Gasteiger partial charge < -0.3 is 15.2 Å². The lowest BCUT2D eigenvalue weighted by Crippen LogP contribution is -2.39. The van der Waals surface area contributed by atoms with Crippen LogP contribution in [0.25, 0.3) is 10.2 Å². The van der Waals surface area contributed by atoms with Crippen molar-refractivity contribution in [3.8, 4) is 0 Å². The highest BCUT2D eigenvalue weighted by Gasteiger charge is 2.19. The minimum absolute atomic E-state index is 0.0164. The maximum absolute atomic E-state index is 12.2. The van der Waals surface area contributed by atoms with Gasteiger partial charge in [-0.05, 0) is 26.3 Å². The molecule has 0 atom stereocenters. The normalized spacial score (nSPS) is 11.0. The van der Waals surface area contributed by atoms with Crippen LogP contribution < -0.4 is 16.2 Å². The van der Waals surface area contributed by atoms with E-state index in [0.717, 1.165) is 11.3 Å². The summed E-state index contributed by atoms with van der Waals surface area (Å²) in [5.74, 6) is -0.627. The van der Waals surface area contributed by atoms with E-state index in [1.165, 1.54) is 10.9 Å². The summed E-state index contributed by atoms with van der Waals surface area (Å²) in [6, 6.07) is 0.0164. The quantitative estimate of drug-likeness (QED) is 0.860. The van der Waals surface area contributed by atoms with E-state index in [-0.39, 0.29) is 30.0 Å². The van der Waals surface area contributed by atoms with E-state index >= 15 is 0 Å². The molecule has 8 heteroatoms. The van der Waals surface area contributed by atoms with E-state index in [1.807, 2.05) is 13.8 Å². The molecule has 0 spiro atoms. The molecule has 2 aromatic heterocycles. The molecule has 0 saturated carbocycles. The van der Waals surface area contributed by atoms with Gasteiger partial charge in [0, 0.05) is 13.1 Å². The summed E-state index contributed by atoms with van der Waals surface area (Å²) in [6.07, 6.45) is 1.43. The molecule has 0 unspecified atom stereocenters.